The van der Waals surface area contributed by atoms with Crippen LogP contribution in [0.3, 0.4) is 0 Å². The highest BCUT2D eigenvalue weighted by Gasteiger charge is 2.38. The minimum atomic E-state index is -0.832. The van der Waals surface area contributed by atoms with Crippen LogP contribution in [0.25, 0.3) is 0 Å². The van der Waals surface area contributed by atoms with Crippen molar-refractivity contribution in [3.05, 3.63) is 0 Å². The third-order valence-corrected chi connectivity index (χ3v) is 3.36. The lowest BCUT2D eigenvalue weighted by atomic mass is 9.78. The number of carboxylic acid groups (broad SMARTS) is 1. The maximum atomic E-state index is 12.0. The standard InChI is InChI=1S/C13H23NO3/c1-12(2,3)11(17)14-13(9-10(15)16)7-5-4-6-8-13/h4-9H2,1-3H3,(H,14,17)(H,15,16). The predicted molar refractivity (Wildman–Crippen MR) is 65.7 cm³/mol. The van der Waals surface area contributed by atoms with E-state index in [1.165, 1.54) is 0 Å². The smallest absolute Gasteiger partial charge is 0.305 e. The molecule has 0 unspecified atom stereocenters. The van der Waals surface area contributed by atoms with Gasteiger partial charge in [-0.05, 0) is 12.8 Å². The SMILES string of the molecule is CC(C)(C)C(=O)NC1(CC(=O)O)CCCCC1. The molecule has 98 valence electrons. The van der Waals surface area contributed by atoms with Crippen LogP contribution in [0.5, 0.6) is 0 Å². The first-order valence-corrected chi connectivity index (χ1v) is 6.30. The van der Waals surface area contributed by atoms with Gasteiger partial charge in [0.15, 0.2) is 0 Å². The van der Waals surface area contributed by atoms with Crippen LogP contribution >= 0.6 is 0 Å². The van der Waals surface area contributed by atoms with Crippen molar-refractivity contribution < 1.29 is 14.7 Å². The molecule has 17 heavy (non-hydrogen) atoms. The van der Waals surface area contributed by atoms with Crippen molar-refractivity contribution >= 4 is 11.9 Å². The molecule has 0 atom stereocenters. The van der Waals surface area contributed by atoms with Crippen molar-refractivity contribution in [3.8, 4) is 0 Å². The molecule has 2 N–H and O–H groups in total. The Kier molecular flexibility index (Phi) is 4.17. The normalized spacial score (nSPS) is 19.7. The van der Waals surface area contributed by atoms with Gasteiger partial charge in [-0.1, -0.05) is 40.0 Å². The second kappa shape index (κ2) is 5.07. The Labute approximate surface area is 103 Å². The maximum Gasteiger partial charge on any atom is 0.305 e. The van der Waals surface area contributed by atoms with Crippen molar-refractivity contribution in [1.29, 1.82) is 0 Å². The minimum Gasteiger partial charge on any atom is -0.481 e. The Morgan fingerprint density at radius 2 is 1.71 bits per heavy atom. The second-order valence-electron chi connectivity index (χ2n) is 6.12. The molecule has 1 saturated carbocycles. The molecule has 1 aliphatic carbocycles. The van der Waals surface area contributed by atoms with Gasteiger partial charge in [-0.25, -0.2) is 0 Å². The molecule has 1 fully saturated rings. The molecule has 1 rings (SSSR count). The Balaban J connectivity index is 2.76. The Morgan fingerprint density at radius 1 is 1.18 bits per heavy atom. The summed E-state index contributed by atoms with van der Waals surface area (Å²) in [4.78, 5) is 23.0. The lowest BCUT2D eigenvalue weighted by Gasteiger charge is -2.38. The van der Waals surface area contributed by atoms with E-state index in [0.29, 0.717) is 0 Å². The number of rotatable bonds is 3. The zero-order valence-electron chi connectivity index (χ0n) is 11.0. The number of hydrogen-bond donors (Lipinski definition) is 2. The summed E-state index contributed by atoms with van der Waals surface area (Å²) in [6, 6.07) is 0. The van der Waals surface area contributed by atoms with Gasteiger partial charge >= 0.3 is 5.97 Å². The summed E-state index contributed by atoms with van der Waals surface area (Å²) in [6.45, 7) is 5.54. The van der Waals surface area contributed by atoms with E-state index < -0.39 is 16.9 Å². The first kappa shape index (κ1) is 14.0. The molecule has 4 nitrogen and oxygen atoms in total. The van der Waals surface area contributed by atoms with Crippen molar-refractivity contribution in [2.75, 3.05) is 0 Å². The largest absolute Gasteiger partial charge is 0.481 e. The van der Waals surface area contributed by atoms with Crippen molar-refractivity contribution in [2.45, 2.75) is 64.8 Å². The van der Waals surface area contributed by atoms with E-state index in [9.17, 15) is 9.59 Å². The summed E-state index contributed by atoms with van der Waals surface area (Å²) < 4.78 is 0. The molecule has 4 heteroatoms. The van der Waals surface area contributed by atoms with E-state index in [4.69, 9.17) is 5.11 Å². The fraction of sp³-hybridized carbons (Fsp3) is 0.846. The van der Waals surface area contributed by atoms with E-state index in [-0.39, 0.29) is 12.3 Å². The lowest BCUT2D eigenvalue weighted by Crippen LogP contribution is -2.54. The molecule has 1 aliphatic rings. The van der Waals surface area contributed by atoms with Gasteiger partial charge in [-0.2, -0.15) is 0 Å². The lowest BCUT2D eigenvalue weighted by molar-refractivity contribution is -0.140. The summed E-state index contributed by atoms with van der Waals surface area (Å²) in [5.41, 5.74) is -0.989. The van der Waals surface area contributed by atoms with Crippen LogP contribution in [0.4, 0.5) is 0 Å². The minimum absolute atomic E-state index is 0.0365. The van der Waals surface area contributed by atoms with Crippen molar-refractivity contribution in [3.63, 3.8) is 0 Å². The van der Waals surface area contributed by atoms with Crippen LogP contribution in [-0.2, 0) is 9.59 Å². The Morgan fingerprint density at radius 3 is 2.12 bits per heavy atom. The number of carbonyl (C=O) groups excluding carboxylic acids is 1. The Hall–Kier alpha value is -1.06. The van der Waals surface area contributed by atoms with Gasteiger partial charge in [0.05, 0.1) is 12.0 Å². The van der Waals surface area contributed by atoms with E-state index >= 15 is 0 Å². The molecular weight excluding hydrogens is 218 g/mol. The van der Waals surface area contributed by atoms with E-state index in [1.54, 1.807) is 0 Å². The molecule has 0 aliphatic heterocycles. The molecule has 0 aromatic rings. The van der Waals surface area contributed by atoms with Gasteiger partial charge in [0.2, 0.25) is 5.91 Å². The zero-order chi connectivity index (χ0) is 13.1. The number of aliphatic carboxylic acids is 1. The molecule has 0 aromatic carbocycles. The third-order valence-electron chi connectivity index (χ3n) is 3.36. The van der Waals surface area contributed by atoms with E-state index in [1.807, 2.05) is 20.8 Å². The number of hydrogen-bond acceptors (Lipinski definition) is 2. The van der Waals surface area contributed by atoms with Crippen molar-refractivity contribution in [2.24, 2.45) is 5.41 Å². The molecule has 0 radical (unpaired) electrons. The molecule has 0 bridgehead atoms. The summed E-state index contributed by atoms with van der Waals surface area (Å²) in [6.07, 6.45) is 4.72. The fourth-order valence-electron chi connectivity index (χ4n) is 2.29. The van der Waals surface area contributed by atoms with Crippen molar-refractivity contribution in [1.82, 2.24) is 5.32 Å². The quantitative estimate of drug-likeness (QED) is 0.797. The molecule has 0 aromatic heterocycles. The van der Waals surface area contributed by atoms with Crippen LogP contribution in [-0.4, -0.2) is 22.5 Å². The average molecular weight is 241 g/mol. The van der Waals surface area contributed by atoms with Crippen LogP contribution in [0, 0.1) is 5.41 Å². The van der Waals surface area contributed by atoms with E-state index in [0.717, 1.165) is 32.1 Å². The summed E-state index contributed by atoms with van der Waals surface area (Å²) >= 11 is 0. The number of nitrogens with one attached hydrogen (secondary N) is 1. The monoisotopic (exact) mass is 241 g/mol. The topological polar surface area (TPSA) is 66.4 Å². The summed E-state index contributed by atoms with van der Waals surface area (Å²) in [5, 5.41) is 12.0. The van der Waals surface area contributed by atoms with E-state index in [2.05, 4.69) is 5.32 Å². The summed E-state index contributed by atoms with van der Waals surface area (Å²) in [7, 11) is 0. The van der Waals surface area contributed by atoms with Gasteiger partial charge < -0.3 is 10.4 Å². The first-order valence-electron chi connectivity index (χ1n) is 6.30. The highest BCUT2D eigenvalue weighted by Crippen LogP contribution is 2.32. The molecule has 0 heterocycles. The fourth-order valence-corrected chi connectivity index (χ4v) is 2.29. The first-order chi connectivity index (χ1) is 7.75. The maximum absolute atomic E-state index is 12.0. The van der Waals surface area contributed by atoms with Crippen LogP contribution in [0.15, 0.2) is 0 Å². The molecule has 1 amide bonds. The molecule has 0 saturated heterocycles. The van der Waals surface area contributed by atoms with Gasteiger partial charge in [-0.15, -0.1) is 0 Å². The zero-order valence-corrected chi connectivity index (χ0v) is 11.0. The Bertz CT molecular complexity index is 298. The highest BCUT2D eigenvalue weighted by molar-refractivity contribution is 5.83. The molecular formula is C13H23NO3. The second-order valence-corrected chi connectivity index (χ2v) is 6.12. The number of amides is 1. The third kappa shape index (κ3) is 4.02. The molecule has 0 spiro atoms. The number of carbonyl (C=O) groups is 2. The average Bonchev–Trinajstić information content (AvgIpc) is 2.15. The van der Waals surface area contributed by atoms with Crippen LogP contribution < -0.4 is 5.32 Å². The van der Waals surface area contributed by atoms with Gasteiger partial charge in [-0.3, -0.25) is 9.59 Å². The van der Waals surface area contributed by atoms with Gasteiger partial charge in [0.25, 0.3) is 0 Å². The number of carboxylic acids is 1. The highest BCUT2D eigenvalue weighted by atomic mass is 16.4. The van der Waals surface area contributed by atoms with Crippen LogP contribution in [0.2, 0.25) is 0 Å². The predicted octanol–water partition coefficient (Wildman–Crippen LogP) is 2.33. The van der Waals surface area contributed by atoms with Gasteiger partial charge in [0.1, 0.15) is 0 Å². The van der Waals surface area contributed by atoms with Gasteiger partial charge in [0, 0.05) is 5.41 Å². The van der Waals surface area contributed by atoms with Crippen LogP contribution in [0.1, 0.15) is 59.3 Å². The summed E-state index contributed by atoms with van der Waals surface area (Å²) in [5.74, 6) is -0.887.